The van der Waals surface area contributed by atoms with Crippen molar-refractivity contribution in [3.63, 3.8) is 0 Å². The number of nitrogens with zero attached hydrogens (tertiary/aromatic N) is 2. The van der Waals surface area contributed by atoms with Crippen molar-refractivity contribution in [3.05, 3.63) is 53.8 Å². The van der Waals surface area contributed by atoms with Crippen molar-refractivity contribution in [1.82, 2.24) is 9.88 Å². The van der Waals surface area contributed by atoms with Crippen LogP contribution in [-0.4, -0.2) is 40.7 Å². The summed E-state index contributed by atoms with van der Waals surface area (Å²) in [5.74, 6) is 0.357. The Morgan fingerprint density at radius 1 is 1.25 bits per heavy atom. The van der Waals surface area contributed by atoms with Crippen molar-refractivity contribution >= 4 is 39.2 Å². The van der Waals surface area contributed by atoms with Crippen molar-refractivity contribution in [1.29, 1.82) is 0 Å². The quantitative estimate of drug-likeness (QED) is 0.555. The Balaban J connectivity index is 1.26. The first kappa shape index (κ1) is 19.2. The van der Waals surface area contributed by atoms with E-state index < -0.39 is 0 Å². The molecule has 1 amide bonds. The molecule has 0 spiro atoms. The molecular weight excluding hydrogens is 395 g/mol. The summed E-state index contributed by atoms with van der Waals surface area (Å²) in [5.41, 5.74) is 1.97. The minimum Gasteiger partial charge on any atom is -0.467 e. The van der Waals surface area contributed by atoms with Crippen LogP contribution in [0.2, 0.25) is 0 Å². The van der Waals surface area contributed by atoms with Gasteiger partial charge in [-0.15, -0.1) is 11.8 Å². The van der Waals surface area contributed by atoms with Gasteiger partial charge in [-0.05, 0) is 37.3 Å². The number of ether oxygens (including phenoxy) is 1. The molecule has 0 aliphatic carbocycles. The highest BCUT2D eigenvalue weighted by Gasteiger charge is 2.24. The molecule has 1 aliphatic rings. The number of thiazole rings is 1. The molecule has 0 N–H and O–H groups in total. The smallest absolute Gasteiger partial charge is 0.274 e. The number of halogens is 1. The van der Waals surface area contributed by atoms with Crippen LogP contribution in [0.3, 0.4) is 0 Å². The number of hydrogen-bond acceptors (Lipinski definition) is 5. The lowest BCUT2D eigenvalue weighted by Gasteiger charge is -2.31. The van der Waals surface area contributed by atoms with E-state index in [0.29, 0.717) is 24.0 Å². The molecule has 1 fully saturated rings. The lowest BCUT2D eigenvalue weighted by molar-refractivity contribution is -0.130. The van der Waals surface area contributed by atoms with E-state index in [1.807, 2.05) is 4.90 Å². The maximum atomic E-state index is 13.3. The van der Waals surface area contributed by atoms with Crippen LogP contribution in [0, 0.1) is 12.7 Å². The second kappa shape index (κ2) is 8.49. The molecule has 2 aromatic carbocycles. The van der Waals surface area contributed by atoms with Crippen LogP contribution in [0.5, 0.6) is 5.19 Å². The largest absolute Gasteiger partial charge is 0.467 e. The highest BCUT2D eigenvalue weighted by Crippen LogP contribution is 2.30. The lowest BCUT2D eigenvalue weighted by Crippen LogP contribution is -2.42. The third kappa shape index (κ3) is 4.64. The Bertz CT molecular complexity index is 966. The highest BCUT2D eigenvalue weighted by molar-refractivity contribution is 8.00. The average Bonchev–Trinajstić information content (AvgIpc) is 3.09. The van der Waals surface area contributed by atoms with Gasteiger partial charge in [0, 0.05) is 30.8 Å². The predicted molar refractivity (Wildman–Crippen MR) is 112 cm³/mol. The third-order valence-electron chi connectivity index (χ3n) is 4.78. The number of hydrogen-bond donors (Lipinski definition) is 0. The summed E-state index contributed by atoms with van der Waals surface area (Å²) in [5, 5.41) is 0.570. The summed E-state index contributed by atoms with van der Waals surface area (Å²) in [6.45, 7) is 3.44. The monoisotopic (exact) mass is 416 g/mol. The first-order chi connectivity index (χ1) is 13.6. The minimum absolute atomic E-state index is 0.0409. The van der Waals surface area contributed by atoms with Gasteiger partial charge in [0.15, 0.2) is 0 Å². The van der Waals surface area contributed by atoms with Crippen LogP contribution >= 0.6 is 23.1 Å². The first-order valence-electron chi connectivity index (χ1n) is 9.27. The van der Waals surface area contributed by atoms with Gasteiger partial charge in [0.2, 0.25) is 5.91 Å². The Hall–Kier alpha value is -2.12. The van der Waals surface area contributed by atoms with Gasteiger partial charge < -0.3 is 9.64 Å². The van der Waals surface area contributed by atoms with Crippen LogP contribution in [0.4, 0.5) is 4.39 Å². The number of carbonyl (C=O) groups excluding carboxylic acids is 1. The summed E-state index contributed by atoms with van der Waals surface area (Å²) in [6, 6.07) is 12.8. The molecule has 3 aromatic rings. The van der Waals surface area contributed by atoms with E-state index in [2.05, 4.69) is 36.2 Å². The normalized spacial score (nSPS) is 15.1. The molecule has 146 valence electrons. The van der Waals surface area contributed by atoms with Gasteiger partial charge in [-0.25, -0.2) is 9.37 Å². The maximum Gasteiger partial charge on any atom is 0.274 e. The zero-order chi connectivity index (χ0) is 19.5. The number of aryl methyl sites for hydroxylation is 1. The Labute approximate surface area is 171 Å². The lowest BCUT2D eigenvalue weighted by atomic mass is 10.1. The van der Waals surface area contributed by atoms with Crippen molar-refractivity contribution in [3.8, 4) is 5.19 Å². The molecule has 0 bridgehead atoms. The summed E-state index contributed by atoms with van der Waals surface area (Å²) in [7, 11) is 0. The maximum absolute atomic E-state index is 13.3. The number of rotatable bonds is 5. The fourth-order valence-corrected chi connectivity index (χ4v) is 4.87. The van der Waals surface area contributed by atoms with Crippen molar-refractivity contribution in [2.75, 3.05) is 18.8 Å². The molecule has 2 heterocycles. The molecule has 1 saturated heterocycles. The molecule has 0 saturated carbocycles. The fraction of sp³-hybridized carbons (Fsp3) is 0.333. The molecular formula is C21H21FN2O2S2. The van der Waals surface area contributed by atoms with Crippen LogP contribution in [-0.2, 0) is 4.79 Å². The number of carbonyl (C=O) groups is 1. The number of fused-ring (bicyclic) bond motifs is 1. The van der Waals surface area contributed by atoms with Gasteiger partial charge in [0.25, 0.3) is 5.19 Å². The van der Waals surface area contributed by atoms with E-state index in [1.54, 1.807) is 17.8 Å². The van der Waals surface area contributed by atoms with Crippen molar-refractivity contribution < 1.29 is 13.9 Å². The van der Waals surface area contributed by atoms with Gasteiger partial charge in [-0.3, -0.25) is 4.79 Å². The van der Waals surface area contributed by atoms with E-state index in [-0.39, 0.29) is 17.8 Å². The van der Waals surface area contributed by atoms with Gasteiger partial charge in [-0.1, -0.05) is 29.0 Å². The average molecular weight is 417 g/mol. The SMILES string of the molecule is Cc1ccc(SCC(=O)N2CCC(Oc3nc4ccc(F)cc4s3)CC2)cc1. The van der Waals surface area contributed by atoms with E-state index >= 15 is 0 Å². The summed E-state index contributed by atoms with van der Waals surface area (Å²) < 4.78 is 20.1. The number of benzene rings is 2. The molecule has 1 aromatic heterocycles. The van der Waals surface area contributed by atoms with Gasteiger partial charge in [0.1, 0.15) is 11.9 Å². The number of piperidine rings is 1. The fourth-order valence-electron chi connectivity index (χ4n) is 3.16. The minimum atomic E-state index is -0.266. The second-order valence-corrected chi connectivity index (χ2v) is 8.93. The molecule has 0 atom stereocenters. The predicted octanol–water partition coefficient (Wildman–Crippen LogP) is 4.91. The Morgan fingerprint density at radius 3 is 2.75 bits per heavy atom. The Morgan fingerprint density at radius 2 is 2.00 bits per heavy atom. The van der Waals surface area contributed by atoms with Crippen LogP contribution in [0.1, 0.15) is 18.4 Å². The van der Waals surface area contributed by atoms with Crippen molar-refractivity contribution in [2.24, 2.45) is 0 Å². The summed E-state index contributed by atoms with van der Waals surface area (Å²) >= 11 is 2.94. The molecule has 28 heavy (non-hydrogen) atoms. The van der Waals surface area contributed by atoms with Crippen molar-refractivity contribution in [2.45, 2.75) is 30.8 Å². The standard InChI is InChI=1S/C21H21FN2O2S2/c1-14-2-5-17(6-3-14)27-13-20(25)24-10-8-16(9-11-24)26-21-23-18-7-4-15(22)12-19(18)28-21/h2-7,12,16H,8-11,13H2,1H3. The topological polar surface area (TPSA) is 42.4 Å². The van der Waals surface area contributed by atoms with Gasteiger partial charge >= 0.3 is 0 Å². The second-order valence-electron chi connectivity index (χ2n) is 6.89. The van der Waals surface area contributed by atoms with E-state index in [1.165, 1.54) is 29.0 Å². The van der Waals surface area contributed by atoms with Crippen LogP contribution in [0.25, 0.3) is 10.2 Å². The Kier molecular flexibility index (Phi) is 5.82. The number of amides is 1. The van der Waals surface area contributed by atoms with E-state index in [9.17, 15) is 9.18 Å². The molecule has 1 aliphatic heterocycles. The molecule has 7 heteroatoms. The molecule has 4 nitrogen and oxygen atoms in total. The van der Waals surface area contributed by atoms with E-state index in [4.69, 9.17) is 4.74 Å². The first-order valence-corrected chi connectivity index (χ1v) is 11.1. The summed E-state index contributed by atoms with van der Waals surface area (Å²) in [6.07, 6.45) is 1.61. The number of likely N-dealkylation sites (tertiary alicyclic amines) is 1. The highest BCUT2D eigenvalue weighted by atomic mass is 32.2. The van der Waals surface area contributed by atoms with Crippen LogP contribution < -0.4 is 4.74 Å². The number of thioether (sulfide) groups is 1. The molecule has 0 radical (unpaired) electrons. The van der Waals surface area contributed by atoms with Gasteiger partial charge in [0.05, 0.1) is 16.0 Å². The zero-order valence-electron chi connectivity index (χ0n) is 15.6. The van der Waals surface area contributed by atoms with Gasteiger partial charge in [-0.2, -0.15) is 0 Å². The molecule has 0 unspecified atom stereocenters. The summed E-state index contributed by atoms with van der Waals surface area (Å²) in [4.78, 5) is 19.9. The van der Waals surface area contributed by atoms with E-state index in [0.717, 1.165) is 28.0 Å². The number of aromatic nitrogens is 1. The third-order valence-corrected chi connectivity index (χ3v) is 6.68. The van der Waals surface area contributed by atoms with Crippen LogP contribution in [0.15, 0.2) is 47.4 Å². The zero-order valence-corrected chi connectivity index (χ0v) is 17.2. The molecule has 4 rings (SSSR count).